The van der Waals surface area contributed by atoms with Gasteiger partial charge in [-0.3, -0.25) is 0 Å². The summed E-state index contributed by atoms with van der Waals surface area (Å²) in [5.41, 5.74) is 3.72. The number of ether oxygens (including phenoxy) is 1. The Labute approximate surface area is 144 Å². The van der Waals surface area contributed by atoms with Crippen LogP contribution in [0, 0.1) is 6.07 Å². The van der Waals surface area contributed by atoms with Crippen LogP contribution in [0.3, 0.4) is 0 Å². The average molecular weight is 280 g/mol. The summed E-state index contributed by atoms with van der Waals surface area (Å²) in [7, 11) is 0. The fraction of sp³-hybridized carbons (Fsp3) is 0.100. The third kappa shape index (κ3) is 4.81. The van der Waals surface area contributed by atoms with E-state index in [1.54, 1.807) is 0 Å². The van der Waals surface area contributed by atoms with Gasteiger partial charge in [-0.05, 0) is 12.0 Å². The van der Waals surface area contributed by atoms with Crippen molar-refractivity contribution in [2.75, 3.05) is 0 Å². The standard InChI is InChI=1S/C20H17O.Li/c1-3-7-17(8-4-1)15-18-11-13-20(14-12-18)21-16-19-9-5-2-6-10-19;/h1-13H,15-16H2;/q-1;+1. The quantitative estimate of drug-likeness (QED) is 0.510. The predicted octanol–water partition coefficient (Wildman–Crippen LogP) is 1.66. The molecule has 0 aliphatic rings. The monoisotopic (exact) mass is 280 g/mol. The third-order valence-corrected chi connectivity index (χ3v) is 3.34. The smallest absolute Gasteiger partial charge is 0.515 e. The molecule has 0 radical (unpaired) electrons. The molecule has 0 saturated heterocycles. The Hall–Kier alpha value is -1.94. The minimum atomic E-state index is 0. The topological polar surface area (TPSA) is 9.23 Å². The summed E-state index contributed by atoms with van der Waals surface area (Å²) < 4.78 is 5.74. The molecule has 1 nitrogen and oxygen atoms in total. The molecule has 0 aromatic heterocycles. The van der Waals surface area contributed by atoms with E-state index >= 15 is 0 Å². The third-order valence-electron chi connectivity index (χ3n) is 3.34. The van der Waals surface area contributed by atoms with Crippen molar-refractivity contribution >= 4 is 0 Å². The molecular formula is C20H17LiO. The van der Waals surface area contributed by atoms with Crippen molar-refractivity contribution in [3.05, 3.63) is 102 Å². The average Bonchev–Trinajstić information content (AvgIpc) is 2.56. The van der Waals surface area contributed by atoms with Gasteiger partial charge in [0.25, 0.3) is 0 Å². The molecule has 104 valence electrons. The van der Waals surface area contributed by atoms with Crippen molar-refractivity contribution in [2.24, 2.45) is 0 Å². The van der Waals surface area contributed by atoms with Crippen LogP contribution in [-0.2, 0) is 13.0 Å². The number of hydrogen-bond donors (Lipinski definition) is 0. The van der Waals surface area contributed by atoms with E-state index in [9.17, 15) is 0 Å². The van der Waals surface area contributed by atoms with Crippen molar-refractivity contribution in [3.63, 3.8) is 0 Å². The van der Waals surface area contributed by atoms with Gasteiger partial charge in [0, 0.05) is 5.75 Å². The van der Waals surface area contributed by atoms with Crippen LogP contribution in [0.4, 0.5) is 0 Å². The molecule has 0 unspecified atom stereocenters. The SMILES string of the molecule is [Li+].[c-]1cc(Cc2ccccc2)ccc1OCc1ccccc1. The Balaban J connectivity index is 0.00000176. The molecule has 0 aliphatic heterocycles. The van der Waals surface area contributed by atoms with Crippen LogP contribution in [-0.4, -0.2) is 0 Å². The van der Waals surface area contributed by atoms with E-state index in [1.165, 1.54) is 16.7 Å². The zero-order valence-corrected chi connectivity index (χ0v) is 12.8. The summed E-state index contributed by atoms with van der Waals surface area (Å²) in [6.07, 6.45) is 0.927. The Morgan fingerprint density at radius 3 is 1.91 bits per heavy atom. The van der Waals surface area contributed by atoms with Crippen molar-refractivity contribution < 1.29 is 23.6 Å². The molecule has 3 aromatic carbocycles. The molecule has 3 rings (SSSR count). The first-order valence-electron chi connectivity index (χ1n) is 7.11. The summed E-state index contributed by atoms with van der Waals surface area (Å²) in [5, 5.41) is 0. The molecule has 0 amide bonds. The molecule has 0 aliphatic carbocycles. The molecule has 2 heteroatoms. The first-order valence-corrected chi connectivity index (χ1v) is 7.11. The van der Waals surface area contributed by atoms with E-state index in [0.717, 1.165) is 12.2 Å². The van der Waals surface area contributed by atoms with E-state index in [4.69, 9.17) is 4.74 Å². The van der Waals surface area contributed by atoms with Crippen LogP contribution in [0.1, 0.15) is 16.7 Å². The van der Waals surface area contributed by atoms with Crippen molar-refractivity contribution in [1.82, 2.24) is 0 Å². The maximum absolute atomic E-state index is 5.74. The van der Waals surface area contributed by atoms with E-state index in [-0.39, 0.29) is 18.9 Å². The van der Waals surface area contributed by atoms with Crippen molar-refractivity contribution in [2.45, 2.75) is 13.0 Å². The van der Waals surface area contributed by atoms with Crippen molar-refractivity contribution in [1.29, 1.82) is 0 Å². The largest absolute Gasteiger partial charge is 1.00 e. The fourth-order valence-electron chi connectivity index (χ4n) is 2.21. The van der Waals surface area contributed by atoms with E-state index in [0.29, 0.717) is 6.61 Å². The molecule has 3 aromatic rings. The second kappa shape index (κ2) is 8.49. The van der Waals surface area contributed by atoms with Gasteiger partial charge < -0.3 is 4.74 Å². The molecule has 0 spiro atoms. The van der Waals surface area contributed by atoms with Gasteiger partial charge in [0.2, 0.25) is 0 Å². The normalized spacial score (nSPS) is 9.82. The zero-order chi connectivity index (χ0) is 14.3. The van der Waals surface area contributed by atoms with Crippen LogP contribution in [0.15, 0.2) is 78.9 Å². The molecule has 0 bridgehead atoms. The van der Waals surface area contributed by atoms with Gasteiger partial charge in [0.15, 0.2) is 0 Å². The van der Waals surface area contributed by atoms with Gasteiger partial charge in [-0.15, -0.1) is 12.1 Å². The van der Waals surface area contributed by atoms with Gasteiger partial charge in [0.05, 0.1) is 0 Å². The summed E-state index contributed by atoms with van der Waals surface area (Å²) in [6, 6.07) is 29.9. The fourth-order valence-corrected chi connectivity index (χ4v) is 2.21. The van der Waals surface area contributed by atoms with Gasteiger partial charge in [-0.2, -0.15) is 17.7 Å². The molecule has 22 heavy (non-hydrogen) atoms. The first-order chi connectivity index (χ1) is 10.4. The van der Waals surface area contributed by atoms with Gasteiger partial charge >= 0.3 is 18.9 Å². The van der Waals surface area contributed by atoms with E-state index < -0.39 is 0 Å². The summed E-state index contributed by atoms with van der Waals surface area (Å²) in [4.78, 5) is 0. The van der Waals surface area contributed by atoms with Crippen LogP contribution in [0.2, 0.25) is 0 Å². The molecule has 0 saturated carbocycles. The molecule has 0 fully saturated rings. The van der Waals surface area contributed by atoms with E-state index in [2.05, 4.69) is 48.5 Å². The molecule has 0 N–H and O–H groups in total. The summed E-state index contributed by atoms with van der Waals surface area (Å²) in [5.74, 6) is 0.788. The Bertz CT molecular complexity index is 663. The minimum Gasteiger partial charge on any atom is -0.515 e. The first kappa shape index (κ1) is 16.4. The maximum atomic E-state index is 5.74. The van der Waals surface area contributed by atoms with Crippen LogP contribution in [0.25, 0.3) is 0 Å². The predicted molar refractivity (Wildman–Crippen MR) is 85.3 cm³/mol. The van der Waals surface area contributed by atoms with Crippen LogP contribution >= 0.6 is 0 Å². The minimum absolute atomic E-state index is 0. The second-order valence-electron chi connectivity index (χ2n) is 5.00. The van der Waals surface area contributed by atoms with Crippen molar-refractivity contribution in [3.8, 4) is 5.75 Å². The second-order valence-corrected chi connectivity index (χ2v) is 5.00. The van der Waals surface area contributed by atoms with Gasteiger partial charge in [-0.1, -0.05) is 66.2 Å². The Kier molecular flexibility index (Phi) is 6.34. The molecule has 0 heterocycles. The summed E-state index contributed by atoms with van der Waals surface area (Å²) in [6.45, 7) is 0.579. The van der Waals surface area contributed by atoms with Gasteiger partial charge in [0.1, 0.15) is 6.61 Å². The number of hydrogen-bond acceptors (Lipinski definition) is 1. The summed E-state index contributed by atoms with van der Waals surface area (Å²) >= 11 is 0. The molecule has 0 atom stereocenters. The number of rotatable bonds is 5. The zero-order valence-electron chi connectivity index (χ0n) is 12.8. The maximum Gasteiger partial charge on any atom is 1.00 e. The van der Waals surface area contributed by atoms with E-state index in [1.807, 2.05) is 36.4 Å². The molecular weight excluding hydrogens is 263 g/mol. The Morgan fingerprint density at radius 2 is 1.32 bits per heavy atom. The number of benzene rings is 3. The van der Waals surface area contributed by atoms with Gasteiger partial charge in [-0.25, -0.2) is 0 Å². The van der Waals surface area contributed by atoms with Crippen LogP contribution < -0.4 is 23.6 Å². The Morgan fingerprint density at radius 1 is 0.682 bits per heavy atom. The van der Waals surface area contributed by atoms with Crippen LogP contribution in [0.5, 0.6) is 5.75 Å².